The Morgan fingerprint density at radius 2 is 1.88 bits per heavy atom. The minimum absolute atomic E-state index is 0.0334. The van der Waals surface area contributed by atoms with Gasteiger partial charge in [-0.3, -0.25) is 0 Å². The number of ether oxygens (including phenoxy) is 1. The fourth-order valence-electron chi connectivity index (χ4n) is 2.48. The SMILES string of the molecule is Cc1cc2oc(=O)cc(COC(=O)c3ccc(F)cc3Cl)c2cc1C. The summed E-state index contributed by atoms with van der Waals surface area (Å²) in [6, 6.07) is 8.36. The predicted octanol–water partition coefficient (Wildman–Crippen LogP) is 4.56. The number of benzene rings is 2. The molecule has 0 radical (unpaired) electrons. The minimum atomic E-state index is -0.699. The number of carbonyl (C=O) groups excluding carboxylic acids is 1. The van der Waals surface area contributed by atoms with Crippen molar-refractivity contribution >= 4 is 28.5 Å². The third-order valence-electron chi connectivity index (χ3n) is 3.95. The van der Waals surface area contributed by atoms with Gasteiger partial charge in [-0.05, 0) is 55.3 Å². The lowest BCUT2D eigenvalue weighted by molar-refractivity contribution is 0.0474. The van der Waals surface area contributed by atoms with Crippen LogP contribution in [-0.4, -0.2) is 5.97 Å². The molecule has 0 aliphatic rings. The quantitative estimate of drug-likeness (QED) is 0.507. The first-order valence-corrected chi connectivity index (χ1v) is 7.89. The molecule has 0 N–H and O–H groups in total. The number of hydrogen-bond acceptors (Lipinski definition) is 4. The van der Waals surface area contributed by atoms with Gasteiger partial charge in [-0.25, -0.2) is 14.0 Å². The second-order valence-electron chi connectivity index (χ2n) is 5.72. The Balaban J connectivity index is 1.91. The summed E-state index contributed by atoms with van der Waals surface area (Å²) < 4.78 is 23.5. The first-order chi connectivity index (χ1) is 11.8. The second-order valence-corrected chi connectivity index (χ2v) is 6.13. The van der Waals surface area contributed by atoms with Crippen LogP contribution in [0.2, 0.25) is 5.02 Å². The molecule has 4 nitrogen and oxygen atoms in total. The summed E-state index contributed by atoms with van der Waals surface area (Å²) in [5.41, 5.74) is 2.50. The number of aryl methyl sites for hydroxylation is 2. The van der Waals surface area contributed by atoms with Crippen molar-refractivity contribution in [1.29, 1.82) is 0 Å². The molecule has 0 saturated heterocycles. The maximum atomic E-state index is 13.1. The zero-order valence-electron chi connectivity index (χ0n) is 13.6. The van der Waals surface area contributed by atoms with E-state index in [1.54, 1.807) is 6.07 Å². The average Bonchev–Trinajstić information content (AvgIpc) is 2.54. The van der Waals surface area contributed by atoms with Crippen LogP contribution in [-0.2, 0) is 11.3 Å². The third kappa shape index (κ3) is 3.56. The van der Waals surface area contributed by atoms with Crippen molar-refractivity contribution in [1.82, 2.24) is 0 Å². The molecule has 0 aliphatic carbocycles. The van der Waals surface area contributed by atoms with Gasteiger partial charge in [-0.1, -0.05) is 11.6 Å². The molecule has 0 saturated carbocycles. The van der Waals surface area contributed by atoms with Crippen molar-refractivity contribution in [3.8, 4) is 0 Å². The van der Waals surface area contributed by atoms with Crippen LogP contribution in [0.3, 0.4) is 0 Å². The molecule has 6 heteroatoms. The van der Waals surface area contributed by atoms with Crippen LogP contribution in [0, 0.1) is 19.7 Å². The standard InChI is InChI=1S/C19H14ClFO4/c1-10-5-15-12(7-18(22)25-17(15)6-11(10)2)9-24-19(23)14-4-3-13(21)8-16(14)20/h3-8H,9H2,1-2H3. The molecule has 1 heterocycles. The Labute approximate surface area is 147 Å². The molecular formula is C19H14ClFO4. The van der Waals surface area contributed by atoms with Gasteiger partial charge in [0.05, 0.1) is 10.6 Å². The second kappa shape index (κ2) is 6.69. The Kier molecular flexibility index (Phi) is 4.59. The number of rotatable bonds is 3. The van der Waals surface area contributed by atoms with E-state index in [0.29, 0.717) is 16.5 Å². The first kappa shape index (κ1) is 17.2. The summed E-state index contributed by atoms with van der Waals surface area (Å²) in [6.07, 6.45) is 0. The topological polar surface area (TPSA) is 56.5 Å². The smallest absolute Gasteiger partial charge is 0.339 e. The van der Waals surface area contributed by atoms with Crippen LogP contribution in [0.15, 0.2) is 45.6 Å². The van der Waals surface area contributed by atoms with E-state index in [1.807, 2.05) is 19.9 Å². The maximum absolute atomic E-state index is 13.1. The zero-order chi connectivity index (χ0) is 18.1. The summed E-state index contributed by atoms with van der Waals surface area (Å²) >= 11 is 5.86. The van der Waals surface area contributed by atoms with E-state index < -0.39 is 17.4 Å². The van der Waals surface area contributed by atoms with Crippen LogP contribution >= 0.6 is 11.6 Å². The molecule has 3 aromatic rings. The number of carbonyl (C=O) groups is 1. The highest BCUT2D eigenvalue weighted by atomic mass is 35.5. The van der Waals surface area contributed by atoms with Gasteiger partial charge in [-0.2, -0.15) is 0 Å². The molecule has 0 atom stereocenters. The van der Waals surface area contributed by atoms with Crippen LogP contribution in [0.5, 0.6) is 0 Å². The van der Waals surface area contributed by atoms with E-state index in [9.17, 15) is 14.0 Å². The van der Waals surface area contributed by atoms with Gasteiger partial charge in [0, 0.05) is 17.0 Å². The molecule has 25 heavy (non-hydrogen) atoms. The van der Waals surface area contributed by atoms with Gasteiger partial charge in [0.25, 0.3) is 0 Å². The maximum Gasteiger partial charge on any atom is 0.339 e. The van der Waals surface area contributed by atoms with Gasteiger partial charge in [0.2, 0.25) is 0 Å². The molecule has 2 aromatic carbocycles. The number of hydrogen-bond donors (Lipinski definition) is 0. The molecule has 0 fully saturated rings. The molecular weight excluding hydrogens is 347 g/mol. The highest BCUT2D eigenvalue weighted by molar-refractivity contribution is 6.33. The Hall–Kier alpha value is -2.66. The van der Waals surface area contributed by atoms with Gasteiger partial charge < -0.3 is 9.15 Å². The molecule has 0 amide bonds. The molecule has 0 bridgehead atoms. The Morgan fingerprint density at radius 3 is 2.60 bits per heavy atom. The number of halogens is 2. The molecule has 128 valence electrons. The van der Waals surface area contributed by atoms with Crippen molar-refractivity contribution in [2.75, 3.05) is 0 Å². The molecule has 3 rings (SSSR count). The van der Waals surface area contributed by atoms with Crippen LogP contribution in [0.4, 0.5) is 4.39 Å². The summed E-state index contributed by atoms with van der Waals surface area (Å²) in [6.45, 7) is 3.73. The fourth-order valence-corrected chi connectivity index (χ4v) is 2.72. The fraction of sp³-hybridized carbons (Fsp3) is 0.158. The first-order valence-electron chi connectivity index (χ1n) is 7.51. The monoisotopic (exact) mass is 360 g/mol. The molecule has 0 unspecified atom stereocenters. The van der Waals surface area contributed by atoms with Gasteiger partial charge >= 0.3 is 11.6 Å². The van der Waals surface area contributed by atoms with Crippen LogP contribution in [0.25, 0.3) is 11.0 Å². The predicted molar refractivity (Wildman–Crippen MR) is 92.5 cm³/mol. The van der Waals surface area contributed by atoms with E-state index in [4.69, 9.17) is 20.8 Å². The van der Waals surface area contributed by atoms with Crippen LogP contribution in [0.1, 0.15) is 27.0 Å². The third-order valence-corrected chi connectivity index (χ3v) is 4.27. The van der Waals surface area contributed by atoms with Crippen molar-refractivity contribution in [3.63, 3.8) is 0 Å². The lowest BCUT2D eigenvalue weighted by atomic mass is 10.0. The summed E-state index contributed by atoms with van der Waals surface area (Å²) in [5, 5.41) is 0.662. The van der Waals surface area contributed by atoms with Crippen molar-refractivity contribution in [2.24, 2.45) is 0 Å². The molecule has 0 spiro atoms. The normalized spacial score (nSPS) is 10.9. The average molecular weight is 361 g/mol. The van der Waals surface area contributed by atoms with E-state index >= 15 is 0 Å². The molecule has 1 aromatic heterocycles. The van der Waals surface area contributed by atoms with Gasteiger partial charge in [-0.15, -0.1) is 0 Å². The number of esters is 1. The largest absolute Gasteiger partial charge is 0.457 e. The summed E-state index contributed by atoms with van der Waals surface area (Å²) in [7, 11) is 0. The minimum Gasteiger partial charge on any atom is -0.457 e. The highest BCUT2D eigenvalue weighted by Crippen LogP contribution is 2.23. The molecule has 0 aliphatic heterocycles. The van der Waals surface area contributed by atoms with Crippen molar-refractivity contribution < 1.29 is 18.3 Å². The summed E-state index contributed by atoms with van der Waals surface area (Å²) in [4.78, 5) is 23.9. The highest BCUT2D eigenvalue weighted by Gasteiger charge is 2.15. The van der Waals surface area contributed by atoms with E-state index in [1.165, 1.54) is 12.1 Å². The van der Waals surface area contributed by atoms with Gasteiger partial charge in [0.15, 0.2) is 0 Å². The van der Waals surface area contributed by atoms with Crippen LogP contribution < -0.4 is 5.63 Å². The van der Waals surface area contributed by atoms with E-state index in [0.717, 1.165) is 23.3 Å². The van der Waals surface area contributed by atoms with Crippen molar-refractivity contribution in [2.45, 2.75) is 20.5 Å². The lowest BCUT2D eigenvalue weighted by Crippen LogP contribution is -2.09. The van der Waals surface area contributed by atoms with Gasteiger partial charge in [0.1, 0.15) is 18.0 Å². The lowest BCUT2D eigenvalue weighted by Gasteiger charge is -2.10. The Morgan fingerprint density at radius 1 is 1.16 bits per heavy atom. The summed E-state index contributed by atoms with van der Waals surface area (Å²) in [5.74, 6) is -1.24. The van der Waals surface area contributed by atoms with Crippen molar-refractivity contribution in [3.05, 3.63) is 79.9 Å². The zero-order valence-corrected chi connectivity index (χ0v) is 14.3. The Bertz CT molecular complexity index is 1040. The van der Waals surface area contributed by atoms with E-state index in [2.05, 4.69) is 0 Å². The van der Waals surface area contributed by atoms with E-state index in [-0.39, 0.29) is 17.2 Å². The number of fused-ring (bicyclic) bond motifs is 1.